The van der Waals surface area contributed by atoms with Crippen molar-refractivity contribution in [1.82, 2.24) is 15.1 Å². The predicted molar refractivity (Wildman–Crippen MR) is 90.5 cm³/mol. The van der Waals surface area contributed by atoms with Crippen LogP contribution in [-0.4, -0.2) is 53.7 Å². The average Bonchev–Trinajstić information content (AvgIpc) is 3.25. The lowest BCUT2D eigenvalue weighted by molar-refractivity contribution is -0.138. The summed E-state index contributed by atoms with van der Waals surface area (Å²) < 4.78 is 5.56. The summed E-state index contributed by atoms with van der Waals surface area (Å²) in [6.07, 6.45) is 5.87. The molecule has 3 amide bonds. The van der Waals surface area contributed by atoms with Gasteiger partial charge in [0.1, 0.15) is 5.76 Å². The van der Waals surface area contributed by atoms with Gasteiger partial charge in [0.05, 0.1) is 12.3 Å². The molecule has 3 heterocycles. The quantitative estimate of drug-likeness (QED) is 0.755. The van der Waals surface area contributed by atoms with Crippen LogP contribution in [0.15, 0.2) is 22.8 Å². The maximum Gasteiger partial charge on any atom is 0.229 e. The highest BCUT2D eigenvalue weighted by atomic mass is 16.3. The zero-order valence-corrected chi connectivity index (χ0v) is 14.4. The van der Waals surface area contributed by atoms with Crippen LogP contribution in [0.3, 0.4) is 0 Å². The highest BCUT2D eigenvalue weighted by Gasteiger charge is 2.29. The average molecular weight is 347 g/mol. The molecule has 2 fully saturated rings. The molecule has 1 aromatic rings. The van der Waals surface area contributed by atoms with Gasteiger partial charge in [-0.25, -0.2) is 0 Å². The van der Waals surface area contributed by atoms with Gasteiger partial charge in [0.15, 0.2) is 0 Å². The van der Waals surface area contributed by atoms with Crippen molar-refractivity contribution >= 4 is 17.7 Å². The molecule has 0 aromatic carbocycles. The Bertz CT molecular complexity index is 592. The third kappa shape index (κ3) is 4.48. The summed E-state index contributed by atoms with van der Waals surface area (Å²) in [5.74, 6) is 0.340. The minimum Gasteiger partial charge on any atom is -0.468 e. The predicted octanol–water partition coefficient (Wildman–Crippen LogP) is 1.46. The molecule has 7 nitrogen and oxygen atoms in total. The van der Waals surface area contributed by atoms with Crippen LogP contribution in [0, 0.1) is 0 Å². The van der Waals surface area contributed by atoms with Gasteiger partial charge in [-0.3, -0.25) is 24.2 Å². The Balaban J connectivity index is 1.51. The smallest absolute Gasteiger partial charge is 0.229 e. The van der Waals surface area contributed by atoms with Crippen LogP contribution in [0.5, 0.6) is 0 Å². The first-order valence-electron chi connectivity index (χ1n) is 9.02. The molecule has 7 heteroatoms. The first-order chi connectivity index (χ1) is 12.1. The monoisotopic (exact) mass is 347 g/mol. The Kier molecular flexibility index (Phi) is 5.86. The Morgan fingerprint density at radius 3 is 2.52 bits per heavy atom. The summed E-state index contributed by atoms with van der Waals surface area (Å²) in [4.78, 5) is 38.9. The van der Waals surface area contributed by atoms with E-state index in [0.29, 0.717) is 6.54 Å². The number of imide groups is 1. The molecule has 1 N–H and O–H groups in total. The van der Waals surface area contributed by atoms with Gasteiger partial charge in [-0.1, -0.05) is 6.42 Å². The van der Waals surface area contributed by atoms with E-state index in [1.165, 1.54) is 11.3 Å². The van der Waals surface area contributed by atoms with E-state index in [4.69, 9.17) is 4.42 Å². The molecule has 0 bridgehead atoms. The fourth-order valence-corrected chi connectivity index (χ4v) is 3.51. The molecule has 2 saturated heterocycles. The van der Waals surface area contributed by atoms with E-state index in [2.05, 4.69) is 10.2 Å². The van der Waals surface area contributed by atoms with Gasteiger partial charge < -0.3 is 9.73 Å². The number of hydrogen-bond acceptors (Lipinski definition) is 5. The molecule has 25 heavy (non-hydrogen) atoms. The van der Waals surface area contributed by atoms with Crippen molar-refractivity contribution < 1.29 is 18.8 Å². The molecule has 2 aliphatic rings. The van der Waals surface area contributed by atoms with Crippen LogP contribution in [0.4, 0.5) is 0 Å². The molecule has 0 aliphatic carbocycles. The second-order valence-corrected chi connectivity index (χ2v) is 6.62. The third-order valence-corrected chi connectivity index (χ3v) is 4.91. The van der Waals surface area contributed by atoms with Crippen molar-refractivity contribution in [3.05, 3.63) is 24.2 Å². The van der Waals surface area contributed by atoms with Gasteiger partial charge in [-0.2, -0.15) is 0 Å². The molecule has 1 aromatic heterocycles. The number of furan rings is 1. The molecule has 1 unspecified atom stereocenters. The summed E-state index contributed by atoms with van der Waals surface area (Å²) >= 11 is 0. The Hall–Kier alpha value is -2.15. The maximum atomic E-state index is 12.2. The molecule has 0 spiro atoms. The third-order valence-electron chi connectivity index (χ3n) is 4.91. The van der Waals surface area contributed by atoms with E-state index >= 15 is 0 Å². The number of hydrogen-bond donors (Lipinski definition) is 1. The van der Waals surface area contributed by atoms with Gasteiger partial charge in [0.25, 0.3) is 0 Å². The Morgan fingerprint density at radius 1 is 1.16 bits per heavy atom. The zero-order chi connectivity index (χ0) is 17.6. The summed E-state index contributed by atoms with van der Waals surface area (Å²) in [6, 6.07) is 3.82. The summed E-state index contributed by atoms with van der Waals surface area (Å²) in [5, 5.41) is 2.93. The molecule has 1 atom stereocenters. The second-order valence-electron chi connectivity index (χ2n) is 6.62. The standard InChI is InChI=1S/C18H25N3O4/c22-16(8-11-21-17(23)6-7-18(21)24)19-13-14(15-5-4-12-25-15)20-9-2-1-3-10-20/h4-5,12,14H,1-3,6-11,13H2,(H,19,22). The van der Waals surface area contributed by atoms with Gasteiger partial charge in [-0.15, -0.1) is 0 Å². The normalized spacial score (nSPS) is 20.1. The second kappa shape index (κ2) is 8.29. The van der Waals surface area contributed by atoms with Crippen LogP contribution < -0.4 is 5.32 Å². The Labute approximate surface area is 147 Å². The van der Waals surface area contributed by atoms with Crippen molar-refractivity contribution in [3.8, 4) is 0 Å². The van der Waals surface area contributed by atoms with Gasteiger partial charge >= 0.3 is 0 Å². The van der Waals surface area contributed by atoms with Crippen molar-refractivity contribution in [2.24, 2.45) is 0 Å². The number of carbonyl (C=O) groups excluding carboxylic acids is 3. The molecular weight excluding hydrogens is 322 g/mol. The zero-order valence-electron chi connectivity index (χ0n) is 14.4. The minimum atomic E-state index is -0.181. The highest BCUT2D eigenvalue weighted by molar-refractivity contribution is 6.02. The van der Waals surface area contributed by atoms with Crippen LogP contribution in [0.2, 0.25) is 0 Å². The van der Waals surface area contributed by atoms with Gasteiger partial charge in [0, 0.05) is 32.4 Å². The molecule has 2 aliphatic heterocycles. The van der Waals surface area contributed by atoms with Gasteiger partial charge in [-0.05, 0) is 38.1 Å². The van der Waals surface area contributed by atoms with E-state index in [-0.39, 0.29) is 49.6 Å². The van der Waals surface area contributed by atoms with Crippen molar-refractivity contribution in [2.75, 3.05) is 26.2 Å². The van der Waals surface area contributed by atoms with E-state index in [1.807, 2.05) is 12.1 Å². The largest absolute Gasteiger partial charge is 0.468 e. The number of nitrogens with zero attached hydrogens (tertiary/aromatic N) is 2. The first-order valence-corrected chi connectivity index (χ1v) is 9.02. The highest BCUT2D eigenvalue weighted by Crippen LogP contribution is 2.24. The van der Waals surface area contributed by atoms with Gasteiger partial charge in [0.2, 0.25) is 17.7 Å². The number of carbonyl (C=O) groups is 3. The lowest BCUT2D eigenvalue weighted by atomic mass is 10.1. The Morgan fingerprint density at radius 2 is 1.88 bits per heavy atom. The number of amides is 3. The van der Waals surface area contributed by atoms with E-state index in [0.717, 1.165) is 31.7 Å². The summed E-state index contributed by atoms with van der Waals surface area (Å²) in [7, 11) is 0. The summed E-state index contributed by atoms with van der Waals surface area (Å²) in [5.41, 5.74) is 0. The van der Waals surface area contributed by atoms with E-state index in [1.54, 1.807) is 6.26 Å². The molecule has 136 valence electrons. The number of piperidine rings is 1. The lowest BCUT2D eigenvalue weighted by Gasteiger charge is -2.33. The first kappa shape index (κ1) is 17.7. The van der Waals surface area contributed by atoms with E-state index < -0.39 is 0 Å². The fourth-order valence-electron chi connectivity index (χ4n) is 3.51. The van der Waals surface area contributed by atoms with Crippen molar-refractivity contribution in [2.45, 2.75) is 44.6 Å². The van der Waals surface area contributed by atoms with Crippen LogP contribution in [0.1, 0.15) is 50.3 Å². The number of rotatable bonds is 7. The number of nitrogens with one attached hydrogen (secondary N) is 1. The van der Waals surface area contributed by atoms with Crippen LogP contribution in [0.25, 0.3) is 0 Å². The lowest BCUT2D eigenvalue weighted by Crippen LogP contribution is -2.41. The minimum absolute atomic E-state index is 0.0225. The van der Waals surface area contributed by atoms with E-state index in [9.17, 15) is 14.4 Å². The van der Waals surface area contributed by atoms with Crippen LogP contribution >= 0.6 is 0 Å². The maximum absolute atomic E-state index is 12.2. The SMILES string of the molecule is O=C(CCN1C(=O)CCC1=O)NCC(c1ccco1)N1CCCCC1. The molecule has 0 saturated carbocycles. The topological polar surface area (TPSA) is 82.9 Å². The fraction of sp³-hybridized carbons (Fsp3) is 0.611. The molecule has 3 rings (SSSR count). The molecule has 0 radical (unpaired) electrons. The number of likely N-dealkylation sites (tertiary alicyclic amines) is 2. The van der Waals surface area contributed by atoms with Crippen LogP contribution in [-0.2, 0) is 14.4 Å². The van der Waals surface area contributed by atoms with Crippen molar-refractivity contribution in [1.29, 1.82) is 0 Å². The molecular formula is C18H25N3O4. The summed E-state index contributed by atoms with van der Waals surface area (Å²) in [6.45, 7) is 2.63. The van der Waals surface area contributed by atoms with Crippen molar-refractivity contribution in [3.63, 3.8) is 0 Å².